The second kappa shape index (κ2) is 6.11. The third kappa shape index (κ3) is 2.39. The lowest BCUT2D eigenvalue weighted by Crippen LogP contribution is -2.30. The molecule has 0 spiro atoms. The van der Waals surface area contributed by atoms with Crippen molar-refractivity contribution < 1.29 is 9.53 Å². The normalized spacial score (nSPS) is 24.0. The molecule has 1 N–H and O–H groups in total. The van der Waals surface area contributed by atoms with E-state index in [4.69, 9.17) is 4.74 Å². The monoisotopic (exact) mass is 320 g/mol. The summed E-state index contributed by atoms with van der Waals surface area (Å²) in [6.45, 7) is 2.21. The number of aromatic nitrogens is 1. The number of fused-ring (bicyclic) bond motifs is 3. The Kier molecular flexibility index (Phi) is 3.81. The number of para-hydroxylation sites is 1. The molecule has 4 heteroatoms. The number of esters is 1. The van der Waals surface area contributed by atoms with E-state index in [1.165, 1.54) is 11.1 Å². The third-order valence-corrected chi connectivity index (χ3v) is 4.96. The van der Waals surface area contributed by atoms with Gasteiger partial charge in [-0.1, -0.05) is 24.3 Å². The molecular formula is C20H20N2O2. The van der Waals surface area contributed by atoms with Crippen LogP contribution < -0.4 is 5.32 Å². The highest BCUT2D eigenvalue weighted by atomic mass is 16.5. The lowest BCUT2D eigenvalue weighted by atomic mass is 9.76. The van der Waals surface area contributed by atoms with E-state index in [0.29, 0.717) is 24.0 Å². The second-order valence-electron chi connectivity index (χ2n) is 6.25. The van der Waals surface area contributed by atoms with Crippen LogP contribution in [-0.2, 0) is 4.74 Å². The largest absolute Gasteiger partial charge is 0.462 e. The first-order valence-corrected chi connectivity index (χ1v) is 8.42. The van der Waals surface area contributed by atoms with Gasteiger partial charge in [0.05, 0.1) is 23.9 Å². The maximum Gasteiger partial charge on any atom is 0.340 e. The van der Waals surface area contributed by atoms with Crippen LogP contribution in [0.2, 0.25) is 0 Å². The highest BCUT2D eigenvalue weighted by Gasteiger charge is 2.39. The summed E-state index contributed by atoms with van der Waals surface area (Å²) in [6.07, 6.45) is 9.20. The summed E-state index contributed by atoms with van der Waals surface area (Å²) in [5.41, 5.74) is 3.91. The van der Waals surface area contributed by atoms with E-state index in [0.717, 1.165) is 12.1 Å². The van der Waals surface area contributed by atoms with Crippen molar-refractivity contribution in [2.45, 2.75) is 25.3 Å². The molecular weight excluding hydrogens is 300 g/mol. The van der Waals surface area contributed by atoms with Gasteiger partial charge in [-0.05, 0) is 48.6 Å². The molecule has 4 rings (SSSR count). The smallest absolute Gasteiger partial charge is 0.340 e. The van der Waals surface area contributed by atoms with Crippen LogP contribution in [-0.4, -0.2) is 17.6 Å². The molecule has 0 radical (unpaired) electrons. The van der Waals surface area contributed by atoms with Crippen LogP contribution in [0.1, 0.15) is 46.8 Å². The van der Waals surface area contributed by atoms with Gasteiger partial charge in [0.2, 0.25) is 0 Å². The number of anilines is 1. The molecule has 0 unspecified atom stereocenters. The van der Waals surface area contributed by atoms with E-state index in [1.807, 2.05) is 43.6 Å². The highest BCUT2D eigenvalue weighted by molar-refractivity contribution is 5.97. The predicted molar refractivity (Wildman–Crippen MR) is 93.0 cm³/mol. The minimum atomic E-state index is -0.268. The molecule has 122 valence electrons. The van der Waals surface area contributed by atoms with Crippen LogP contribution in [0.3, 0.4) is 0 Å². The molecule has 1 aliphatic heterocycles. The first-order valence-electron chi connectivity index (χ1n) is 8.42. The number of rotatable bonds is 3. The van der Waals surface area contributed by atoms with Crippen LogP contribution >= 0.6 is 0 Å². The minimum absolute atomic E-state index is 0.163. The van der Waals surface area contributed by atoms with Crippen LogP contribution in [0.5, 0.6) is 0 Å². The van der Waals surface area contributed by atoms with Gasteiger partial charge in [0, 0.05) is 18.3 Å². The van der Waals surface area contributed by atoms with Gasteiger partial charge in [-0.3, -0.25) is 4.98 Å². The zero-order valence-corrected chi connectivity index (χ0v) is 13.6. The van der Waals surface area contributed by atoms with E-state index < -0.39 is 0 Å². The predicted octanol–water partition coefficient (Wildman–Crippen LogP) is 4.08. The highest BCUT2D eigenvalue weighted by Crippen LogP contribution is 2.50. The standard InChI is InChI=1S/C20H20N2O2/c1-2-24-20(23)17-8-4-7-16-14-5-3-6-15(14)18(22-19(16)17)13-9-11-21-12-10-13/h3-5,7-12,14-15,18,22H,2,6H2,1H3/t14-,15-,18+/m0/s1. The number of carbonyl (C=O) groups excluding carboxylic acids is 1. The molecule has 3 atom stereocenters. The van der Waals surface area contributed by atoms with Gasteiger partial charge in [0.25, 0.3) is 0 Å². The first kappa shape index (κ1) is 14.9. The van der Waals surface area contributed by atoms with Crippen LogP contribution in [0.15, 0.2) is 54.9 Å². The molecule has 1 aromatic heterocycles. The van der Waals surface area contributed by atoms with Gasteiger partial charge in [0.15, 0.2) is 0 Å². The van der Waals surface area contributed by atoms with E-state index in [2.05, 4.69) is 28.5 Å². The fraction of sp³-hybridized carbons (Fsp3) is 0.300. The van der Waals surface area contributed by atoms with Gasteiger partial charge in [0.1, 0.15) is 0 Å². The fourth-order valence-corrected chi connectivity index (χ4v) is 3.90. The fourth-order valence-electron chi connectivity index (χ4n) is 3.90. The Hall–Kier alpha value is -2.62. The van der Waals surface area contributed by atoms with Crippen molar-refractivity contribution in [1.29, 1.82) is 0 Å². The van der Waals surface area contributed by atoms with Gasteiger partial charge < -0.3 is 10.1 Å². The van der Waals surface area contributed by atoms with E-state index in [9.17, 15) is 4.79 Å². The van der Waals surface area contributed by atoms with Gasteiger partial charge in [-0.15, -0.1) is 0 Å². The average Bonchev–Trinajstić information content (AvgIpc) is 3.11. The molecule has 0 saturated heterocycles. The zero-order valence-electron chi connectivity index (χ0n) is 13.6. The number of nitrogens with one attached hydrogen (secondary N) is 1. The summed E-state index contributed by atoms with van der Waals surface area (Å²) in [4.78, 5) is 16.5. The van der Waals surface area contributed by atoms with Gasteiger partial charge >= 0.3 is 5.97 Å². The van der Waals surface area contributed by atoms with E-state index >= 15 is 0 Å². The Balaban J connectivity index is 1.80. The summed E-state index contributed by atoms with van der Waals surface area (Å²) in [5.74, 6) is 0.516. The number of allylic oxidation sites excluding steroid dienone is 2. The lowest BCUT2D eigenvalue weighted by molar-refractivity contribution is 0.0527. The van der Waals surface area contributed by atoms with Crippen molar-refractivity contribution in [3.63, 3.8) is 0 Å². The molecule has 0 bridgehead atoms. The molecule has 0 saturated carbocycles. The molecule has 1 aromatic carbocycles. The third-order valence-electron chi connectivity index (χ3n) is 4.96. The number of pyridine rings is 1. The maximum atomic E-state index is 12.4. The number of benzene rings is 1. The van der Waals surface area contributed by atoms with Gasteiger partial charge in [-0.25, -0.2) is 4.79 Å². The molecule has 2 aliphatic rings. The Morgan fingerprint density at radius 1 is 1.29 bits per heavy atom. The molecule has 2 heterocycles. The van der Waals surface area contributed by atoms with Crippen molar-refractivity contribution in [3.8, 4) is 0 Å². The Labute approximate surface area is 141 Å². The summed E-state index contributed by atoms with van der Waals surface area (Å²) in [5, 5.41) is 3.62. The van der Waals surface area contributed by atoms with Crippen molar-refractivity contribution >= 4 is 11.7 Å². The van der Waals surface area contributed by atoms with E-state index in [-0.39, 0.29) is 12.0 Å². The van der Waals surface area contributed by atoms with Crippen LogP contribution in [0.4, 0.5) is 5.69 Å². The zero-order chi connectivity index (χ0) is 16.5. The number of carbonyl (C=O) groups is 1. The van der Waals surface area contributed by atoms with Crippen molar-refractivity contribution in [2.75, 3.05) is 11.9 Å². The number of nitrogens with zero attached hydrogens (tertiary/aromatic N) is 1. The van der Waals surface area contributed by atoms with Crippen molar-refractivity contribution in [3.05, 3.63) is 71.6 Å². The van der Waals surface area contributed by atoms with Gasteiger partial charge in [-0.2, -0.15) is 0 Å². The number of hydrogen-bond donors (Lipinski definition) is 1. The summed E-state index contributed by atoms with van der Waals surface area (Å²) in [7, 11) is 0. The molecule has 24 heavy (non-hydrogen) atoms. The maximum absolute atomic E-state index is 12.4. The first-order chi connectivity index (χ1) is 11.8. The quantitative estimate of drug-likeness (QED) is 0.684. The number of hydrogen-bond acceptors (Lipinski definition) is 4. The Bertz CT molecular complexity index is 785. The summed E-state index contributed by atoms with van der Waals surface area (Å²) >= 11 is 0. The number of ether oxygens (including phenoxy) is 1. The SMILES string of the molecule is CCOC(=O)c1cccc2c1N[C@H](c1ccncc1)[C@H]1CC=C[C@H]21. The molecule has 0 fully saturated rings. The van der Waals surface area contributed by atoms with E-state index in [1.54, 1.807) is 0 Å². The molecule has 4 nitrogen and oxygen atoms in total. The molecule has 0 amide bonds. The van der Waals surface area contributed by atoms with Crippen LogP contribution in [0.25, 0.3) is 0 Å². The van der Waals surface area contributed by atoms with Crippen molar-refractivity contribution in [1.82, 2.24) is 4.98 Å². The Morgan fingerprint density at radius 2 is 2.12 bits per heavy atom. The second-order valence-corrected chi connectivity index (χ2v) is 6.25. The van der Waals surface area contributed by atoms with Crippen LogP contribution in [0, 0.1) is 5.92 Å². The minimum Gasteiger partial charge on any atom is -0.462 e. The van der Waals surface area contributed by atoms with Crippen molar-refractivity contribution in [2.24, 2.45) is 5.92 Å². The summed E-state index contributed by atoms with van der Waals surface area (Å²) < 4.78 is 5.24. The Morgan fingerprint density at radius 3 is 2.92 bits per heavy atom. The topological polar surface area (TPSA) is 51.2 Å². The lowest BCUT2D eigenvalue weighted by Gasteiger charge is -2.38. The molecule has 2 aromatic rings. The average molecular weight is 320 g/mol. The molecule has 1 aliphatic carbocycles. The summed E-state index contributed by atoms with van der Waals surface area (Å²) in [6, 6.07) is 10.2.